The minimum atomic E-state index is 0.0228. The van der Waals surface area contributed by atoms with Crippen LogP contribution >= 0.6 is 7.92 Å². The fraction of sp³-hybridized carbons (Fsp3) is 0.250. The van der Waals surface area contributed by atoms with Gasteiger partial charge in [0, 0.05) is 0 Å². The Kier molecular flexibility index (Phi) is 4.76. The van der Waals surface area contributed by atoms with Gasteiger partial charge in [-0.25, -0.2) is 0 Å². The highest BCUT2D eigenvalue weighted by atomic mass is 31.1. The SMILES string of the molecule is CCP(CCc1ccccc1)c1ccccc1. The molecule has 2 aromatic carbocycles. The van der Waals surface area contributed by atoms with Crippen LogP contribution in [0.5, 0.6) is 0 Å². The third-order valence-electron chi connectivity index (χ3n) is 3.02. The molecule has 1 unspecified atom stereocenters. The minimum Gasteiger partial charge on any atom is -0.0753 e. The number of rotatable bonds is 5. The maximum Gasteiger partial charge on any atom is -0.0236 e. The lowest BCUT2D eigenvalue weighted by Gasteiger charge is -2.15. The van der Waals surface area contributed by atoms with Crippen molar-refractivity contribution < 1.29 is 0 Å². The highest BCUT2D eigenvalue weighted by Crippen LogP contribution is 2.34. The van der Waals surface area contributed by atoms with Gasteiger partial charge >= 0.3 is 0 Å². The predicted octanol–water partition coefficient (Wildman–Crippen LogP) is 4.06. The first-order chi connectivity index (χ1) is 8.40. The molecule has 2 aromatic rings. The first-order valence-electron chi connectivity index (χ1n) is 6.24. The number of hydrogen-bond donors (Lipinski definition) is 0. The number of benzene rings is 2. The van der Waals surface area contributed by atoms with E-state index in [0.29, 0.717) is 0 Å². The first kappa shape index (κ1) is 12.3. The zero-order valence-corrected chi connectivity index (χ0v) is 11.2. The van der Waals surface area contributed by atoms with E-state index in [1.807, 2.05) is 0 Å². The molecule has 0 nitrogen and oxygen atoms in total. The molecular weight excluding hydrogens is 223 g/mol. The summed E-state index contributed by atoms with van der Waals surface area (Å²) in [7, 11) is 0.0228. The van der Waals surface area contributed by atoms with Crippen LogP contribution in [0, 0.1) is 0 Å². The summed E-state index contributed by atoms with van der Waals surface area (Å²) in [6.45, 7) is 2.31. The van der Waals surface area contributed by atoms with Crippen LogP contribution in [0.1, 0.15) is 12.5 Å². The second kappa shape index (κ2) is 6.57. The molecule has 0 saturated carbocycles. The molecule has 0 N–H and O–H groups in total. The molecule has 17 heavy (non-hydrogen) atoms. The smallest absolute Gasteiger partial charge is 0.0236 e. The fourth-order valence-corrected chi connectivity index (χ4v) is 4.08. The molecule has 0 radical (unpaired) electrons. The van der Waals surface area contributed by atoms with Crippen molar-refractivity contribution in [3.63, 3.8) is 0 Å². The Hall–Kier alpha value is -1.13. The summed E-state index contributed by atoms with van der Waals surface area (Å²) < 4.78 is 0. The monoisotopic (exact) mass is 242 g/mol. The van der Waals surface area contributed by atoms with Crippen molar-refractivity contribution in [3.8, 4) is 0 Å². The maximum atomic E-state index is 2.31. The molecule has 0 aromatic heterocycles. The quantitative estimate of drug-likeness (QED) is 0.694. The third-order valence-corrected chi connectivity index (χ3v) is 5.57. The van der Waals surface area contributed by atoms with Gasteiger partial charge in [-0.1, -0.05) is 75.5 Å². The van der Waals surface area contributed by atoms with Gasteiger partial charge in [0.05, 0.1) is 0 Å². The van der Waals surface area contributed by atoms with E-state index in [4.69, 9.17) is 0 Å². The van der Waals surface area contributed by atoms with Crippen LogP contribution in [0.25, 0.3) is 0 Å². The first-order valence-corrected chi connectivity index (χ1v) is 7.95. The Morgan fingerprint density at radius 3 is 2.00 bits per heavy atom. The van der Waals surface area contributed by atoms with Crippen molar-refractivity contribution in [2.75, 3.05) is 12.3 Å². The summed E-state index contributed by atoms with van der Waals surface area (Å²) in [4.78, 5) is 0. The lowest BCUT2D eigenvalue weighted by molar-refractivity contribution is 1.14. The Morgan fingerprint density at radius 2 is 1.41 bits per heavy atom. The summed E-state index contributed by atoms with van der Waals surface area (Å²) in [5.74, 6) is 0. The molecule has 0 amide bonds. The molecule has 0 bridgehead atoms. The molecule has 0 aliphatic rings. The van der Waals surface area contributed by atoms with Gasteiger partial charge in [-0.15, -0.1) is 0 Å². The molecule has 0 fully saturated rings. The van der Waals surface area contributed by atoms with Crippen molar-refractivity contribution in [1.82, 2.24) is 0 Å². The van der Waals surface area contributed by atoms with E-state index >= 15 is 0 Å². The molecule has 0 heterocycles. The van der Waals surface area contributed by atoms with Gasteiger partial charge in [0.15, 0.2) is 0 Å². The van der Waals surface area contributed by atoms with Crippen LogP contribution in [-0.2, 0) is 6.42 Å². The molecule has 0 aliphatic heterocycles. The highest BCUT2D eigenvalue weighted by molar-refractivity contribution is 7.65. The van der Waals surface area contributed by atoms with E-state index in [0.717, 1.165) is 0 Å². The number of aryl methyl sites for hydroxylation is 1. The van der Waals surface area contributed by atoms with Gasteiger partial charge in [0.1, 0.15) is 0 Å². The normalized spacial score (nSPS) is 12.3. The third kappa shape index (κ3) is 3.68. The zero-order valence-electron chi connectivity index (χ0n) is 10.3. The van der Waals surface area contributed by atoms with E-state index in [2.05, 4.69) is 67.6 Å². The Balaban J connectivity index is 1.97. The zero-order chi connectivity index (χ0) is 11.9. The molecule has 0 saturated heterocycles. The summed E-state index contributed by atoms with van der Waals surface area (Å²) in [6, 6.07) is 21.8. The van der Waals surface area contributed by atoms with Gasteiger partial charge in [-0.2, -0.15) is 0 Å². The lowest BCUT2D eigenvalue weighted by Crippen LogP contribution is -2.06. The van der Waals surface area contributed by atoms with Crippen molar-refractivity contribution >= 4 is 13.2 Å². The van der Waals surface area contributed by atoms with Gasteiger partial charge in [-0.05, 0) is 29.6 Å². The average Bonchev–Trinajstić information content (AvgIpc) is 2.42. The van der Waals surface area contributed by atoms with Crippen molar-refractivity contribution in [3.05, 3.63) is 66.2 Å². The van der Waals surface area contributed by atoms with E-state index in [1.54, 1.807) is 5.30 Å². The Morgan fingerprint density at radius 1 is 0.824 bits per heavy atom. The molecule has 1 atom stereocenters. The molecule has 2 rings (SSSR count). The van der Waals surface area contributed by atoms with Crippen molar-refractivity contribution in [2.24, 2.45) is 0 Å². The van der Waals surface area contributed by atoms with Gasteiger partial charge in [0.2, 0.25) is 0 Å². The Labute approximate surface area is 105 Å². The molecule has 1 heteroatoms. The summed E-state index contributed by atoms with van der Waals surface area (Å²) in [6.07, 6.45) is 3.79. The Bertz CT molecular complexity index is 422. The van der Waals surface area contributed by atoms with Crippen LogP contribution < -0.4 is 5.30 Å². The predicted molar refractivity (Wildman–Crippen MR) is 78.6 cm³/mol. The minimum absolute atomic E-state index is 0.0228. The second-order valence-corrected chi connectivity index (χ2v) is 6.83. The van der Waals surface area contributed by atoms with Crippen LogP contribution in [0.3, 0.4) is 0 Å². The van der Waals surface area contributed by atoms with E-state index in [-0.39, 0.29) is 7.92 Å². The summed E-state index contributed by atoms with van der Waals surface area (Å²) in [5.41, 5.74) is 1.46. The van der Waals surface area contributed by atoms with Gasteiger partial charge in [-0.3, -0.25) is 0 Å². The molecular formula is C16H19P. The topological polar surface area (TPSA) is 0 Å². The summed E-state index contributed by atoms with van der Waals surface area (Å²) >= 11 is 0. The lowest BCUT2D eigenvalue weighted by atomic mass is 10.2. The van der Waals surface area contributed by atoms with E-state index in [1.165, 1.54) is 24.3 Å². The molecule has 0 aliphatic carbocycles. The highest BCUT2D eigenvalue weighted by Gasteiger charge is 2.07. The second-order valence-electron chi connectivity index (χ2n) is 4.15. The summed E-state index contributed by atoms with van der Waals surface area (Å²) in [5, 5.41) is 1.54. The van der Waals surface area contributed by atoms with Gasteiger partial charge < -0.3 is 0 Å². The van der Waals surface area contributed by atoms with Crippen LogP contribution in [0.2, 0.25) is 0 Å². The maximum absolute atomic E-state index is 2.31. The van der Waals surface area contributed by atoms with E-state index < -0.39 is 0 Å². The van der Waals surface area contributed by atoms with Crippen LogP contribution in [0.4, 0.5) is 0 Å². The molecule has 0 spiro atoms. The van der Waals surface area contributed by atoms with E-state index in [9.17, 15) is 0 Å². The van der Waals surface area contributed by atoms with Crippen molar-refractivity contribution in [1.29, 1.82) is 0 Å². The largest absolute Gasteiger partial charge is 0.0753 e. The molecule has 88 valence electrons. The number of hydrogen-bond acceptors (Lipinski definition) is 0. The van der Waals surface area contributed by atoms with Crippen molar-refractivity contribution in [2.45, 2.75) is 13.3 Å². The van der Waals surface area contributed by atoms with Crippen LogP contribution in [-0.4, -0.2) is 12.3 Å². The van der Waals surface area contributed by atoms with Crippen LogP contribution in [0.15, 0.2) is 60.7 Å². The standard InChI is InChI=1S/C16H19P/c1-2-17(16-11-7-4-8-12-16)14-13-15-9-5-3-6-10-15/h3-12H,2,13-14H2,1H3. The average molecular weight is 242 g/mol. The van der Waals surface area contributed by atoms with Gasteiger partial charge in [0.25, 0.3) is 0 Å². The fourth-order valence-electron chi connectivity index (χ4n) is 2.02.